The van der Waals surface area contributed by atoms with Crippen molar-refractivity contribution in [2.75, 3.05) is 0 Å². The van der Waals surface area contributed by atoms with Crippen LogP contribution < -0.4 is 0 Å². The minimum Gasteiger partial charge on any atom is -0.508 e. The van der Waals surface area contributed by atoms with Gasteiger partial charge in [-0.05, 0) is 47.1 Å². The molecule has 1 aliphatic carbocycles. The van der Waals surface area contributed by atoms with Gasteiger partial charge >= 0.3 is 0 Å². The molecule has 0 saturated heterocycles. The second-order valence-electron chi connectivity index (χ2n) is 6.58. The summed E-state index contributed by atoms with van der Waals surface area (Å²) in [5, 5.41) is 12.9. The Balaban J connectivity index is 2.00. The second-order valence-corrected chi connectivity index (χ2v) is 6.58. The molecular formula is C20H26O. The summed E-state index contributed by atoms with van der Waals surface area (Å²) < 4.78 is 0. The van der Waals surface area contributed by atoms with Crippen molar-refractivity contribution in [2.45, 2.75) is 52.4 Å². The van der Waals surface area contributed by atoms with Gasteiger partial charge in [0.2, 0.25) is 0 Å². The first-order valence-electron chi connectivity index (χ1n) is 8.47. The number of benzene rings is 2. The number of phenols is 1. The summed E-state index contributed by atoms with van der Waals surface area (Å²) >= 11 is 0. The monoisotopic (exact) mass is 282 g/mol. The lowest BCUT2D eigenvalue weighted by Crippen LogP contribution is -2.23. The quantitative estimate of drug-likeness (QED) is 0.770. The van der Waals surface area contributed by atoms with E-state index in [1.807, 2.05) is 12.1 Å². The van der Waals surface area contributed by atoms with E-state index in [0.717, 1.165) is 12.3 Å². The average Bonchev–Trinajstić information content (AvgIpc) is 2.50. The Morgan fingerprint density at radius 1 is 1.05 bits per heavy atom. The Hall–Kier alpha value is -1.50. The molecule has 0 spiro atoms. The average molecular weight is 282 g/mol. The van der Waals surface area contributed by atoms with Gasteiger partial charge in [-0.25, -0.2) is 0 Å². The number of rotatable bonds is 5. The second kappa shape index (κ2) is 6.09. The van der Waals surface area contributed by atoms with Crippen LogP contribution in [0.2, 0.25) is 0 Å². The minimum atomic E-state index is 0.492. The van der Waals surface area contributed by atoms with Gasteiger partial charge in [0.15, 0.2) is 0 Å². The van der Waals surface area contributed by atoms with E-state index in [1.54, 1.807) is 0 Å². The summed E-state index contributed by atoms with van der Waals surface area (Å²) in [6.07, 6.45) is 7.39. The van der Waals surface area contributed by atoms with E-state index < -0.39 is 0 Å². The highest BCUT2D eigenvalue weighted by atomic mass is 16.3. The van der Waals surface area contributed by atoms with E-state index >= 15 is 0 Å². The van der Waals surface area contributed by atoms with Gasteiger partial charge in [-0.15, -0.1) is 0 Å². The molecule has 1 N–H and O–H groups in total. The van der Waals surface area contributed by atoms with Gasteiger partial charge in [-0.3, -0.25) is 0 Å². The van der Waals surface area contributed by atoms with Gasteiger partial charge in [-0.1, -0.05) is 63.8 Å². The smallest absolute Gasteiger partial charge is 0.119 e. The Morgan fingerprint density at radius 3 is 2.52 bits per heavy atom. The topological polar surface area (TPSA) is 20.2 Å². The Bertz CT molecular complexity index is 623. The minimum absolute atomic E-state index is 0.492. The fourth-order valence-electron chi connectivity index (χ4n) is 4.21. The van der Waals surface area contributed by atoms with Crippen LogP contribution in [-0.2, 0) is 12.8 Å². The predicted octanol–water partition coefficient (Wildman–Crippen LogP) is 5.48. The molecule has 1 unspecified atom stereocenters. The van der Waals surface area contributed by atoms with Crippen LogP contribution in [0.1, 0.15) is 50.7 Å². The summed E-state index contributed by atoms with van der Waals surface area (Å²) in [7, 11) is 0. The van der Waals surface area contributed by atoms with Gasteiger partial charge in [0.05, 0.1) is 0 Å². The number of hydrogen-bond acceptors (Lipinski definition) is 1. The van der Waals surface area contributed by atoms with Crippen molar-refractivity contribution in [3.05, 3.63) is 41.5 Å². The highest BCUT2D eigenvalue weighted by Gasteiger charge is 2.28. The maximum atomic E-state index is 10.3. The molecule has 1 nitrogen and oxygen atoms in total. The van der Waals surface area contributed by atoms with E-state index in [-0.39, 0.29) is 0 Å². The molecule has 112 valence electrons. The van der Waals surface area contributed by atoms with Crippen molar-refractivity contribution in [3.63, 3.8) is 0 Å². The van der Waals surface area contributed by atoms with Crippen LogP contribution in [0.5, 0.6) is 5.75 Å². The van der Waals surface area contributed by atoms with Crippen LogP contribution in [0.4, 0.5) is 0 Å². The maximum absolute atomic E-state index is 10.3. The van der Waals surface area contributed by atoms with Crippen LogP contribution in [0.15, 0.2) is 30.3 Å². The molecule has 0 aromatic heterocycles. The molecule has 0 amide bonds. The first-order chi connectivity index (χ1) is 10.2. The molecular weight excluding hydrogens is 256 g/mol. The SMILES string of the molecule is CCCC(CCC)C1Cc2cccc3ccc(O)c(c23)C1. The molecule has 3 rings (SSSR count). The predicted molar refractivity (Wildman–Crippen MR) is 89.8 cm³/mol. The van der Waals surface area contributed by atoms with Gasteiger partial charge in [0.1, 0.15) is 5.75 Å². The van der Waals surface area contributed by atoms with Crippen LogP contribution in [0.3, 0.4) is 0 Å². The molecule has 1 atom stereocenters. The lowest BCUT2D eigenvalue weighted by Gasteiger charge is -2.32. The van der Waals surface area contributed by atoms with E-state index in [4.69, 9.17) is 0 Å². The number of aromatic hydroxyl groups is 1. The molecule has 0 radical (unpaired) electrons. The van der Waals surface area contributed by atoms with E-state index in [2.05, 4.69) is 32.0 Å². The summed E-state index contributed by atoms with van der Waals surface area (Å²) in [6, 6.07) is 10.5. The third-order valence-corrected chi connectivity index (χ3v) is 5.15. The Kier molecular flexibility index (Phi) is 4.19. The van der Waals surface area contributed by atoms with Gasteiger partial charge < -0.3 is 5.11 Å². The highest BCUT2D eigenvalue weighted by Crippen LogP contribution is 2.41. The molecule has 0 heterocycles. The zero-order chi connectivity index (χ0) is 14.8. The molecule has 1 heteroatoms. The fraction of sp³-hybridized carbons (Fsp3) is 0.500. The first-order valence-corrected chi connectivity index (χ1v) is 8.47. The maximum Gasteiger partial charge on any atom is 0.119 e. The molecule has 0 aliphatic heterocycles. The van der Waals surface area contributed by atoms with Crippen molar-refractivity contribution in [2.24, 2.45) is 11.8 Å². The number of hydrogen-bond donors (Lipinski definition) is 1. The van der Waals surface area contributed by atoms with E-state index in [1.165, 1.54) is 54.0 Å². The fourth-order valence-corrected chi connectivity index (χ4v) is 4.21. The molecule has 0 saturated carbocycles. The molecule has 2 aromatic rings. The van der Waals surface area contributed by atoms with Crippen LogP contribution in [0, 0.1) is 11.8 Å². The summed E-state index contributed by atoms with van der Waals surface area (Å²) in [5.74, 6) is 1.98. The van der Waals surface area contributed by atoms with Crippen molar-refractivity contribution in [1.29, 1.82) is 0 Å². The Morgan fingerprint density at radius 2 is 1.81 bits per heavy atom. The number of phenolic OH excluding ortho intramolecular Hbond substituents is 1. The van der Waals surface area contributed by atoms with E-state index in [9.17, 15) is 5.11 Å². The van der Waals surface area contributed by atoms with E-state index in [0.29, 0.717) is 11.7 Å². The standard InChI is InChI=1S/C20H26O/c1-3-6-14(7-4-2)17-12-16-9-5-8-15-10-11-19(21)18(13-17)20(15)16/h5,8-11,14,17,21H,3-4,6-7,12-13H2,1-2H3. The van der Waals surface area contributed by atoms with Gasteiger partial charge in [0, 0.05) is 5.56 Å². The lowest BCUT2D eigenvalue weighted by atomic mass is 9.73. The Labute approximate surface area is 128 Å². The summed E-state index contributed by atoms with van der Waals surface area (Å²) in [4.78, 5) is 0. The first kappa shape index (κ1) is 14.4. The van der Waals surface area contributed by atoms with Crippen LogP contribution >= 0.6 is 0 Å². The molecule has 0 fully saturated rings. The zero-order valence-corrected chi connectivity index (χ0v) is 13.2. The highest BCUT2D eigenvalue weighted by molar-refractivity contribution is 5.91. The zero-order valence-electron chi connectivity index (χ0n) is 13.2. The van der Waals surface area contributed by atoms with Crippen molar-refractivity contribution in [1.82, 2.24) is 0 Å². The van der Waals surface area contributed by atoms with Gasteiger partial charge in [-0.2, -0.15) is 0 Å². The summed E-state index contributed by atoms with van der Waals surface area (Å²) in [6.45, 7) is 4.58. The molecule has 0 bridgehead atoms. The van der Waals surface area contributed by atoms with Crippen molar-refractivity contribution >= 4 is 10.8 Å². The molecule has 2 aromatic carbocycles. The lowest BCUT2D eigenvalue weighted by molar-refractivity contribution is 0.280. The largest absolute Gasteiger partial charge is 0.508 e. The molecule has 21 heavy (non-hydrogen) atoms. The van der Waals surface area contributed by atoms with Crippen LogP contribution in [-0.4, -0.2) is 5.11 Å². The summed E-state index contributed by atoms with van der Waals surface area (Å²) in [5.41, 5.74) is 2.63. The van der Waals surface area contributed by atoms with Crippen LogP contribution in [0.25, 0.3) is 10.8 Å². The van der Waals surface area contributed by atoms with Crippen molar-refractivity contribution in [3.8, 4) is 5.75 Å². The normalized spacial score (nSPS) is 17.6. The van der Waals surface area contributed by atoms with Crippen molar-refractivity contribution < 1.29 is 5.11 Å². The third kappa shape index (κ3) is 2.66. The third-order valence-electron chi connectivity index (χ3n) is 5.15. The molecule has 1 aliphatic rings. The van der Waals surface area contributed by atoms with Gasteiger partial charge in [0.25, 0.3) is 0 Å².